The number of ether oxygens (including phenoxy) is 1. The van der Waals surface area contributed by atoms with E-state index in [0.717, 1.165) is 16.9 Å². The zero-order valence-electron chi connectivity index (χ0n) is 15.9. The molecule has 0 spiro atoms. The van der Waals surface area contributed by atoms with E-state index in [2.05, 4.69) is 23.8 Å². The minimum absolute atomic E-state index is 0.0649. The lowest BCUT2D eigenvalue weighted by Crippen LogP contribution is -2.32. The van der Waals surface area contributed by atoms with Crippen LogP contribution in [0.25, 0.3) is 10.2 Å². The van der Waals surface area contributed by atoms with Crippen LogP contribution in [0.4, 0.5) is 0 Å². The molecule has 0 radical (unpaired) electrons. The second-order valence-electron chi connectivity index (χ2n) is 6.88. The summed E-state index contributed by atoms with van der Waals surface area (Å²) in [6, 6.07) is 7.83. The van der Waals surface area contributed by atoms with Crippen molar-refractivity contribution in [2.75, 3.05) is 13.7 Å². The Kier molecular flexibility index (Phi) is 5.60. The smallest absolute Gasteiger partial charge is 0.268 e. The lowest BCUT2D eigenvalue weighted by molar-refractivity contribution is -0.132. The van der Waals surface area contributed by atoms with Crippen LogP contribution in [0.3, 0.4) is 0 Å². The van der Waals surface area contributed by atoms with E-state index >= 15 is 0 Å². The third-order valence-electron chi connectivity index (χ3n) is 4.32. The summed E-state index contributed by atoms with van der Waals surface area (Å²) in [5.41, 5.74) is 2.63. The minimum Gasteiger partial charge on any atom is -0.483 e. The van der Waals surface area contributed by atoms with Gasteiger partial charge in [-0.05, 0) is 41.5 Å². The zero-order valence-corrected chi connectivity index (χ0v) is 16.7. The Labute approximate surface area is 161 Å². The third-order valence-corrected chi connectivity index (χ3v) is 5.22. The summed E-state index contributed by atoms with van der Waals surface area (Å²) < 4.78 is 6.39. The Morgan fingerprint density at radius 2 is 2.11 bits per heavy atom. The van der Waals surface area contributed by atoms with Gasteiger partial charge in [0.2, 0.25) is 0 Å². The molecule has 0 saturated carbocycles. The van der Waals surface area contributed by atoms with Gasteiger partial charge in [0, 0.05) is 7.05 Å². The van der Waals surface area contributed by atoms with Crippen LogP contribution in [0.15, 0.2) is 34.4 Å². The second-order valence-corrected chi connectivity index (χ2v) is 7.80. The highest BCUT2D eigenvalue weighted by atomic mass is 32.1. The fraction of sp³-hybridized carbons (Fsp3) is 0.350. The minimum atomic E-state index is -0.181. The number of hydrogen-bond donors (Lipinski definition) is 1. The van der Waals surface area contributed by atoms with Gasteiger partial charge in [-0.3, -0.25) is 9.59 Å². The van der Waals surface area contributed by atoms with Crippen LogP contribution in [0.5, 0.6) is 5.75 Å². The van der Waals surface area contributed by atoms with Crippen molar-refractivity contribution in [3.63, 3.8) is 0 Å². The molecule has 3 rings (SSSR count). The van der Waals surface area contributed by atoms with E-state index in [0.29, 0.717) is 22.0 Å². The summed E-state index contributed by atoms with van der Waals surface area (Å²) in [6.45, 7) is 6.33. The quantitative estimate of drug-likeness (QED) is 0.705. The Morgan fingerprint density at radius 1 is 1.33 bits per heavy atom. The summed E-state index contributed by atoms with van der Waals surface area (Å²) in [7, 11) is 1.67. The van der Waals surface area contributed by atoms with Gasteiger partial charge in [-0.15, -0.1) is 11.3 Å². The first-order chi connectivity index (χ1) is 12.8. The molecule has 7 heteroatoms. The number of hydrogen-bond acceptors (Lipinski definition) is 5. The highest BCUT2D eigenvalue weighted by molar-refractivity contribution is 7.17. The van der Waals surface area contributed by atoms with Gasteiger partial charge >= 0.3 is 0 Å². The van der Waals surface area contributed by atoms with Gasteiger partial charge in [0.05, 0.1) is 12.1 Å². The average Bonchev–Trinajstić information content (AvgIpc) is 3.08. The molecule has 1 amide bonds. The largest absolute Gasteiger partial charge is 0.483 e. The van der Waals surface area contributed by atoms with Crippen LogP contribution in [0.2, 0.25) is 0 Å². The number of benzene rings is 1. The number of amides is 1. The Bertz CT molecular complexity index is 1020. The van der Waals surface area contributed by atoms with Gasteiger partial charge in [0.25, 0.3) is 11.5 Å². The topological polar surface area (TPSA) is 75.3 Å². The summed E-state index contributed by atoms with van der Waals surface area (Å²) >= 11 is 1.35. The number of H-pyrrole nitrogens is 1. The number of nitrogens with zero attached hydrogens (tertiary/aromatic N) is 2. The molecule has 0 atom stereocenters. The number of aromatic amines is 1. The van der Waals surface area contributed by atoms with Crippen molar-refractivity contribution in [1.29, 1.82) is 0 Å². The van der Waals surface area contributed by atoms with Crippen molar-refractivity contribution >= 4 is 27.5 Å². The molecule has 2 heterocycles. The van der Waals surface area contributed by atoms with E-state index in [9.17, 15) is 9.59 Å². The molecule has 0 bridgehead atoms. The first kappa shape index (κ1) is 19.1. The number of rotatable bonds is 6. The van der Waals surface area contributed by atoms with E-state index in [1.807, 2.05) is 30.5 Å². The van der Waals surface area contributed by atoms with Crippen LogP contribution in [0.1, 0.15) is 36.7 Å². The zero-order chi connectivity index (χ0) is 19.6. The molecule has 27 heavy (non-hydrogen) atoms. The van der Waals surface area contributed by atoms with E-state index in [4.69, 9.17) is 4.74 Å². The number of fused-ring (bicyclic) bond motifs is 1. The third kappa shape index (κ3) is 4.36. The van der Waals surface area contributed by atoms with Crippen LogP contribution in [0, 0.1) is 6.92 Å². The molecule has 1 N–H and O–H groups in total. The summed E-state index contributed by atoms with van der Waals surface area (Å²) in [5, 5.41) is 1.83. The first-order valence-electron chi connectivity index (χ1n) is 8.79. The molecular formula is C20H23N3O3S. The second kappa shape index (κ2) is 7.92. The molecule has 3 aromatic rings. The number of carbonyl (C=O) groups is 1. The van der Waals surface area contributed by atoms with Crippen molar-refractivity contribution in [2.24, 2.45) is 0 Å². The number of aryl methyl sites for hydroxylation is 1. The summed E-state index contributed by atoms with van der Waals surface area (Å²) in [6.07, 6.45) is 0. The number of carbonyl (C=O) groups excluding carboxylic acids is 1. The van der Waals surface area contributed by atoms with E-state index < -0.39 is 0 Å². The highest BCUT2D eigenvalue weighted by Gasteiger charge is 2.15. The molecule has 0 aliphatic carbocycles. The predicted octanol–water partition coefficient (Wildman–Crippen LogP) is 3.45. The molecule has 142 valence electrons. The maximum absolute atomic E-state index is 12.5. The molecule has 0 fully saturated rings. The molecule has 0 saturated heterocycles. The van der Waals surface area contributed by atoms with E-state index in [1.54, 1.807) is 13.1 Å². The lowest BCUT2D eigenvalue weighted by Gasteiger charge is -2.19. The Balaban J connectivity index is 1.67. The molecule has 0 aliphatic rings. The van der Waals surface area contributed by atoms with Crippen molar-refractivity contribution < 1.29 is 9.53 Å². The van der Waals surface area contributed by atoms with E-state index in [1.165, 1.54) is 16.2 Å². The fourth-order valence-electron chi connectivity index (χ4n) is 2.80. The highest BCUT2D eigenvalue weighted by Crippen LogP contribution is 2.27. The normalized spacial score (nSPS) is 11.1. The maximum atomic E-state index is 12.5. The van der Waals surface area contributed by atoms with Gasteiger partial charge in [0.15, 0.2) is 6.61 Å². The molecule has 1 aromatic carbocycles. The number of thiophene rings is 1. The molecule has 2 aromatic heterocycles. The molecule has 0 unspecified atom stereocenters. The Hall–Kier alpha value is -2.67. The lowest BCUT2D eigenvalue weighted by atomic mass is 10.0. The molecule has 6 nitrogen and oxygen atoms in total. The van der Waals surface area contributed by atoms with Crippen LogP contribution in [-0.4, -0.2) is 34.4 Å². The van der Waals surface area contributed by atoms with Crippen LogP contribution < -0.4 is 10.3 Å². The van der Waals surface area contributed by atoms with Gasteiger partial charge in [-0.2, -0.15) is 0 Å². The standard InChI is InChI=1S/C20H23N3O3S/c1-12(2)14-6-5-13(3)9-16(14)26-11-18(24)23(4)10-17-21-15-7-8-27-19(15)20(25)22-17/h5-9,12H,10-11H2,1-4H3,(H,21,22,25). The van der Waals surface area contributed by atoms with Gasteiger partial charge in [-0.25, -0.2) is 4.98 Å². The Morgan fingerprint density at radius 3 is 2.85 bits per heavy atom. The maximum Gasteiger partial charge on any atom is 0.268 e. The van der Waals surface area contributed by atoms with Crippen molar-refractivity contribution in [3.05, 3.63) is 57.0 Å². The predicted molar refractivity (Wildman–Crippen MR) is 107 cm³/mol. The van der Waals surface area contributed by atoms with Gasteiger partial charge in [-0.1, -0.05) is 26.0 Å². The van der Waals surface area contributed by atoms with Crippen LogP contribution in [-0.2, 0) is 11.3 Å². The summed E-state index contributed by atoms with van der Waals surface area (Å²) in [5.74, 6) is 1.32. The van der Waals surface area contributed by atoms with Crippen molar-refractivity contribution in [1.82, 2.24) is 14.9 Å². The van der Waals surface area contributed by atoms with Crippen molar-refractivity contribution in [3.8, 4) is 5.75 Å². The molecular weight excluding hydrogens is 362 g/mol. The fourth-order valence-corrected chi connectivity index (χ4v) is 3.53. The summed E-state index contributed by atoms with van der Waals surface area (Å²) in [4.78, 5) is 33.2. The number of likely N-dealkylation sites (N-methyl/N-ethyl adjacent to an activating group) is 1. The average molecular weight is 385 g/mol. The van der Waals surface area contributed by atoms with Gasteiger partial charge < -0.3 is 14.6 Å². The molecule has 0 aliphatic heterocycles. The van der Waals surface area contributed by atoms with Crippen molar-refractivity contribution in [2.45, 2.75) is 33.2 Å². The van der Waals surface area contributed by atoms with Gasteiger partial charge in [0.1, 0.15) is 16.3 Å². The first-order valence-corrected chi connectivity index (χ1v) is 9.67. The monoisotopic (exact) mass is 385 g/mol. The van der Waals surface area contributed by atoms with E-state index in [-0.39, 0.29) is 24.6 Å². The SMILES string of the molecule is Cc1ccc(C(C)C)c(OCC(=O)N(C)Cc2nc3ccsc3c(=O)[nH]2)c1. The van der Waals surface area contributed by atoms with Crippen LogP contribution >= 0.6 is 11.3 Å². The number of aromatic nitrogens is 2. The number of nitrogens with one attached hydrogen (secondary N) is 1.